The first kappa shape index (κ1) is 11.1. The first-order chi connectivity index (χ1) is 8.22. The number of hydrogen-bond acceptors (Lipinski definition) is 1. The molecular formula is C14H16ClNO. The second kappa shape index (κ2) is 4.02. The third-order valence-electron chi connectivity index (χ3n) is 3.93. The number of carbonyl (C=O) groups excluding carboxylic acids is 1. The number of hydrogen-bond donors (Lipinski definition) is 0. The Morgan fingerprint density at radius 3 is 2.53 bits per heavy atom. The fourth-order valence-electron chi connectivity index (χ4n) is 2.76. The van der Waals surface area contributed by atoms with Gasteiger partial charge in [0, 0.05) is 18.1 Å². The van der Waals surface area contributed by atoms with Crippen LogP contribution in [-0.2, 0) is 10.2 Å². The molecule has 0 unspecified atom stereocenters. The molecule has 2 aliphatic rings. The number of carbonyl (C=O) groups is 1. The van der Waals surface area contributed by atoms with Crippen LogP contribution in [0.2, 0.25) is 5.02 Å². The van der Waals surface area contributed by atoms with Gasteiger partial charge in [-0.25, -0.2) is 0 Å². The monoisotopic (exact) mass is 249 g/mol. The van der Waals surface area contributed by atoms with Gasteiger partial charge in [-0.15, -0.1) is 0 Å². The summed E-state index contributed by atoms with van der Waals surface area (Å²) < 4.78 is 0. The van der Waals surface area contributed by atoms with Crippen LogP contribution in [0, 0.1) is 0 Å². The molecule has 0 N–H and O–H groups in total. The van der Waals surface area contributed by atoms with Gasteiger partial charge in [-0.3, -0.25) is 4.79 Å². The number of likely N-dealkylation sites (tertiary alicyclic amines) is 1. The number of amides is 1. The molecule has 0 radical (unpaired) electrons. The minimum Gasteiger partial charge on any atom is -0.342 e. The van der Waals surface area contributed by atoms with Crippen molar-refractivity contribution in [3.05, 3.63) is 34.9 Å². The predicted molar refractivity (Wildman–Crippen MR) is 68.2 cm³/mol. The minimum absolute atomic E-state index is 0.241. The third kappa shape index (κ3) is 1.85. The highest BCUT2D eigenvalue weighted by atomic mass is 35.5. The fourth-order valence-corrected chi connectivity index (χ4v) is 2.95. The molecule has 2 nitrogen and oxygen atoms in total. The number of nitrogens with zero attached hydrogens (tertiary/aromatic N) is 1. The lowest BCUT2D eigenvalue weighted by Gasteiger charge is -2.23. The molecule has 0 aromatic heterocycles. The molecule has 1 saturated heterocycles. The summed E-state index contributed by atoms with van der Waals surface area (Å²) >= 11 is 6.02. The van der Waals surface area contributed by atoms with E-state index in [2.05, 4.69) is 0 Å². The standard InChI is InChI=1S/C14H16ClNO/c15-12-5-3-4-11(10-12)14(6-7-14)13(17)16-8-1-2-9-16/h3-5,10H,1-2,6-9H2. The molecule has 1 amide bonds. The average Bonchev–Trinajstić information content (AvgIpc) is 2.96. The van der Waals surface area contributed by atoms with Crippen LogP contribution < -0.4 is 0 Å². The van der Waals surface area contributed by atoms with E-state index < -0.39 is 0 Å². The van der Waals surface area contributed by atoms with Gasteiger partial charge in [0.05, 0.1) is 5.41 Å². The van der Waals surface area contributed by atoms with Crippen molar-refractivity contribution in [2.24, 2.45) is 0 Å². The lowest BCUT2D eigenvalue weighted by Crippen LogP contribution is -2.37. The third-order valence-corrected chi connectivity index (χ3v) is 4.16. The highest BCUT2D eigenvalue weighted by molar-refractivity contribution is 6.30. The molecule has 3 heteroatoms. The maximum atomic E-state index is 12.5. The summed E-state index contributed by atoms with van der Waals surface area (Å²) in [7, 11) is 0. The van der Waals surface area contributed by atoms with Crippen LogP contribution in [0.1, 0.15) is 31.2 Å². The molecule has 0 spiro atoms. The van der Waals surface area contributed by atoms with Crippen LogP contribution in [0.3, 0.4) is 0 Å². The van der Waals surface area contributed by atoms with Crippen LogP contribution in [0.25, 0.3) is 0 Å². The van der Waals surface area contributed by atoms with E-state index in [0.29, 0.717) is 5.91 Å². The van der Waals surface area contributed by atoms with Gasteiger partial charge >= 0.3 is 0 Å². The Bertz CT molecular complexity index is 447. The van der Waals surface area contributed by atoms with Crippen molar-refractivity contribution in [1.29, 1.82) is 0 Å². The van der Waals surface area contributed by atoms with Crippen molar-refractivity contribution >= 4 is 17.5 Å². The average molecular weight is 250 g/mol. The van der Waals surface area contributed by atoms with E-state index in [1.54, 1.807) is 0 Å². The van der Waals surface area contributed by atoms with Gasteiger partial charge in [-0.2, -0.15) is 0 Å². The summed E-state index contributed by atoms with van der Waals surface area (Å²) in [5.74, 6) is 0.317. The van der Waals surface area contributed by atoms with Crippen molar-refractivity contribution in [2.75, 3.05) is 13.1 Å². The Labute approximate surface area is 107 Å². The van der Waals surface area contributed by atoms with Crippen LogP contribution in [0.15, 0.2) is 24.3 Å². The molecule has 0 atom stereocenters. The van der Waals surface area contributed by atoms with E-state index in [0.717, 1.165) is 49.4 Å². The molecule has 1 aliphatic carbocycles. The van der Waals surface area contributed by atoms with Crippen LogP contribution >= 0.6 is 11.6 Å². The molecule has 90 valence electrons. The lowest BCUT2D eigenvalue weighted by molar-refractivity contribution is -0.132. The second-order valence-corrected chi connectivity index (χ2v) is 5.53. The first-order valence-electron chi connectivity index (χ1n) is 6.28. The van der Waals surface area contributed by atoms with Crippen molar-refractivity contribution in [3.63, 3.8) is 0 Å². The molecule has 3 rings (SSSR count). The largest absolute Gasteiger partial charge is 0.342 e. The first-order valence-corrected chi connectivity index (χ1v) is 6.66. The smallest absolute Gasteiger partial charge is 0.233 e. The van der Waals surface area contributed by atoms with Gasteiger partial charge < -0.3 is 4.90 Å². The van der Waals surface area contributed by atoms with Gasteiger partial charge in [-0.1, -0.05) is 23.7 Å². The SMILES string of the molecule is O=C(N1CCCC1)C1(c2cccc(Cl)c2)CC1. The van der Waals surface area contributed by atoms with E-state index in [1.165, 1.54) is 0 Å². The zero-order valence-corrected chi connectivity index (χ0v) is 10.5. The molecule has 0 bridgehead atoms. The van der Waals surface area contributed by atoms with Crippen molar-refractivity contribution < 1.29 is 4.79 Å². The molecule has 1 aliphatic heterocycles. The number of rotatable bonds is 2. The second-order valence-electron chi connectivity index (χ2n) is 5.09. The lowest BCUT2D eigenvalue weighted by atomic mass is 9.94. The summed E-state index contributed by atoms with van der Waals surface area (Å²) in [4.78, 5) is 14.5. The fraction of sp³-hybridized carbons (Fsp3) is 0.500. The van der Waals surface area contributed by atoms with E-state index in [1.807, 2.05) is 29.2 Å². The topological polar surface area (TPSA) is 20.3 Å². The van der Waals surface area contributed by atoms with Crippen LogP contribution in [-0.4, -0.2) is 23.9 Å². The van der Waals surface area contributed by atoms with Gasteiger partial charge in [0.2, 0.25) is 5.91 Å². The van der Waals surface area contributed by atoms with Crippen molar-refractivity contribution in [1.82, 2.24) is 4.90 Å². The Morgan fingerprint density at radius 2 is 1.94 bits per heavy atom. The maximum Gasteiger partial charge on any atom is 0.233 e. The summed E-state index contributed by atoms with van der Waals surface area (Å²) in [5.41, 5.74) is 0.858. The maximum absolute atomic E-state index is 12.5. The van der Waals surface area contributed by atoms with Gasteiger partial charge in [0.1, 0.15) is 0 Å². The zero-order chi connectivity index (χ0) is 11.9. The van der Waals surface area contributed by atoms with Crippen LogP contribution in [0.4, 0.5) is 0 Å². The van der Waals surface area contributed by atoms with Gasteiger partial charge in [0.15, 0.2) is 0 Å². The van der Waals surface area contributed by atoms with E-state index in [9.17, 15) is 4.79 Å². The number of halogens is 1. The van der Waals surface area contributed by atoms with Gasteiger partial charge in [0.25, 0.3) is 0 Å². The highest BCUT2D eigenvalue weighted by Gasteiger charge is 2.53. The molecule has 17 heavy (non-hydrogen) atoms. The Hall–Kier alpha value is -1.02. The van der Waals surface area contributed by atoms with Crippen molar-refractivity contribution in [3.8, 4) is 0 Å². The quantitative estimate of drug-likeness (QED) is 0.789. The molecule has 1 heterocycles. The Morgan fingerprint density at radius 1 is 1.24 bits per heavy atom. The molecule has 1 aromatic carbocycles. The van der Waals surface area contributed by atoms with E-state index in [4.69, 9.17) is 11.6 Å². The molecular weight excluding hydrogens is 234 g/mol. The summed E-state index contributed by atoms with van der Waals surface area (Å²) in [6.45, 7) is 1.86. The molecule has 1 aromatic rings. The Kier molecular flexibility index (Phi) is 2.62. The summed E-state index contributed by atoms with van der Waals surface area (Å²) in [6, 6.07) is 7.78. The molecule has 2 fully saturated rings. The van der Waals surface area contributed by atoms with Gasteiger partial charge in [-0.05, 0) is 43.4 Å². The number of benzene rings is 1. The summed E-state index contributed by atoms with van der Waals surface area (Å²) in [6.07, 6.45) is 4.25. The zero-order valence-electron chi connectivity index (χ0n) is 9.79. The van der Waals surface area contributed by atoms with E-state index >= 15 is 0 Å². The highest BCUT2D eigenvalue weighted by Crippen LogP contribution is 2.50. The van der Waals surface area contributed by atoms with Crippen molar-refractivity contribution in [2.45, 2.75) is 31.1 Å². The van der Waals surface area contributed by atoms with E-state index in [-0.39, 0.29) is 5.41 Å². The van der Waals surface area contributed by atoms with Crippen LogP contribution in [0.5, 0.6) is 0 Å². The molecule has 1 saturated carbocycles. The Balaban J connectivity index is 1.88. The summed E-state index contributed by atoms with van der Waals surface area (Å²) in [5, 5.41) is 0.725. The minimum atomic E-state index is -0.241. The predicted octanol–water partition coefficient (Wildman–Crippen LogP) is 2.99. The normalized spacial score (nSPS) is 21.6.